The lowest BCUT2D eigenvalue weighted by atomic mass is 10.1. The molecule has 9 heteroatoms. The first-order valence-corrected chi connectivity index (χ1v) is 9.34. The fourth-order valence-electron chi connectivity index (χ4n) is 3.16. The number of rotatable bonds is 6. The van der Waals surface area contributed by atoms with Crippen molar-refractivity contribution >= 4 is 17.5 Å². The zero-order valence-electron chi connectivity index (χ0n) is 15.6. The summed E-state index contributed by atoms with van der Waals surface area (Å²) in [6, 6.07) is 13.8. The second kappa shape index (κ2) is 8.61. The normalized spacial score (nSPS) is 15.8. The molecule has 1 aliphatic rings. The Bertz CT molecular complexity index is 999. The number of tetrazole rings is 1. The number of amides is 2. The van der Waals surface area contributed by atoms with E-state index in [1.807, 2.05) is 0 Å². The van der Waals surface area contributed by atoms with Crippen LogP contribution >= 0.6 is 0 Å². The molecule has 2 N–H and O–H groups in total. The lowest BCUT2D eigenvalue weighted by Crippen LogP contribution is -2.32. The van der Waals surface area contributed by atoms with Crippen LogP contribution in [-0.2, 0) is 4.74 Å². The summed E-state index contributed by atoms with van der Waals surface area (Å²) in [5.41, 5.74) is 1.92. The van der Waals surface area contributed by atoms with E-state index in [0.717, 1.165) is 19.4 Å². The third-order valence-corrected chi connectivity index (χ3v) is 4.66. The molecule has 1 atom stereocenters. The highest BCUT2D eigenvalue weighted by atomic mass is 16.5. The van der Waals surface area contributed by atoms with Crippen molar-refractivity contribution in [1.29, 1.82) is 0 Å². The first-order chi connectivity index (χ1) is 14.2. The minimum Gasteiger partial charge on any atom is -0.376 e. The van der Waals surface area contributed by atoms with Crippen LogP contribution in [0.1, 0.15) is 33.6 Å². The average molecular weight is 392 g/mol. The minimum atomic E-state index is -0.334. The molecule has 0 bridgehead atoms. The van der Waals surface area contributed by atoms with Gasteiger partial charge in [-0.05, 0) is 53.6 Å². The van der Waals surface area contributed by atoms with E-state index in [-0.39, 0.29) is 17.9 Å². The van der Waals surface area contributed by atoms with Crippen molar-refractivity contribution in [2.45, 2.75) is 18.9 Å². The van der Waals surface area contributed by atoms with E-state index in [4.69, 9.17) is 4.74 Å². The van der Waals surface area contributed by atoms with Gasteiger partial charge in [0.25, 0.3) is 11.8 Å². The van der Waals surface area contributed by atoms with E-state index in [1.165, 1.54) is 11.0 Å². The molecule has 0 aliphatic carbocycles. The van der Waals surface area contributed by atoms with Crippen LogP contribution in [0.15, 0.2) is 54.9 Å². The van der Waals surface area contributed by atoms with Crippen molar-refractivity contribution < 1.29 is 14.3 Å². The molecule has 0 saturated carbocycles. The van der Waals surface area contributed by atoms with Gasteiger partial charge >= 0.3 is 0 Å². The molecule has 1 aromatic heterocycles. The topological polar surface area (TPSA) is 111 Å². The number of anilines is 1. The Balaban J connectivity index is 1.47. The summed E-state index contributed by atoms with van der Waals surface area (Å²) >= 11 is 0. The summed E-state index contributed by atoms with van der Waals surface area (Å²) in [4.78, 5) is 25.4. The maximum absolute atomic E-state index is 12.8. The standard InChI is InChI=1S/C20H20N6O3/c27-19(14-5-3-6-15(11-14)26-13-22-24-25-26)23-18-9-2-1-8-17(18)20(28)21-12-16-7-4-10-29-16/h1-3,5-6,8-9,11,13,16H,4,7,10,12H2,(H,21,28)(H,23,27)/t16-/m1/s1. The molecule has 0 radical (unpaired) electrons. The fourth-order valence-corrected chi connectivity index (χ4v) is 3.16. The van der Waals surface area contributed by atoms with Gasteiger partial charge in [0.15, 0.2) is 0 Å². The zero-order chi connectivity index (χ0) is 20.1. The molecule has 1 fully saturated rings. The molecule has 0 spiro atoms. The molecule has 1 aliphatic heterocycles. The summed E-state index contributed by atoms with van der Waals surface area (Å²) in [5, 5.41) is 16.7. The van der Waals surface area contributed by atoms with Crippen molar-refractivity contribution in [3.05, 3.63) is 66.0 Å². The molecular weight excluding hydrogens is 372 g/mol. The predicted molar refractivity (Wildman–Crippen MR) is 105 cm³/mol. The largest absolute Gasteiger partial charge is 0.376 e. The van der Waals surface area contributed by atoms with Crippen LogP contribution < -0.4 is 10.6 Å². The van der Waals surface area contributed by atoms with Gasteiger partial charge in [0, 0.05) is 18.7 Å². The van der Waals surface area contributed by atoms with Crippen LogP contribution in [0.2, 0.25) is 0 Å². The van der Waals surface area contributed by atoms with Crippen molar-refractivity contribution in [3.63, 3.8) is 0 Å². The summed E-state index contributed by atoms with van der Waals surface area (Å²) < 4.78 is 6.99. The Hall–Kier alpha value is -3.59. The second-order valence-electron chi connectivity index (χ2n) is 6.65. The van der Waals surface area contributed by atoms with Gasteiger partial charge in [-0.2, -0.15) is 0 Å². The molecule has 29 heavy (non-hydrogen) atoms. The Morgan fingerprint density at radius 1 is 1.14 bits per heavy atom. The van der Waals surface area contributed by atoms with Gasteiger partial charge in [-0.15, -0.1) is 5.10 Å². The first-order valence-electron chi connectivity index (χ1n) is 9.34. The smallest absolute Gasteiger partial charge is 0.255 e. The molecule has 2 amide bonds. The van der Waals surface area contributed by atoms with Gasteiger partial charge in [-0.25, -0.2) is 4.68 Å². The highest BCUT2D eigenvalue weighted by Gasteiger charge is 2.19. The van der Waals surface area contributed by atoms with Gasteiger partial charge < -0.3 is 15.4 Å². The van der Waals surface area contributed by atoms with Crippen molar-refractivity contribution in [2.75, 3.05) is 18.5 Å². The number of hydrogen-bond acceptors (Lipinski definition) is 6. The number of hydrogen-bond donors (Lipinski definition) is 2. The highest BCUT2D eigenvalue weighted by molar-refractivity contribution is 6.09. The number of nitrogens with one attached hydrogen (secondary N) is 2. The number of aromatic nitrogens is 4. The Labute approximate surface area is 167 Å². The van der Waals surface area contributed by atoms with Crippen LogP contribution in [-0.4, -0.2) is 51.3 Å². The molecular formula is C20H20N6O3. The van der Waals surface area contributed by atoms with Crippen molar-refractivity contribution in [1.82, 2.24) is 25.5 Å². The average Bonchev–Trinajstić information content (AvgIpc) is 3.47. The minimum absolute atomic E-state index is 0.0507. The Morgan fingerprint density at radius 3 is 2.83 bits per heavy atom. The van der Waals surface area contributed by atoms with Gasteiger partial charge in [0.1, 0.15) is 6.33 Å². The quantitative estimate of drug-likeness (QED) is 0.662. The monoisotopic (exact) mass is 392 g/mol. The third kappa shape index (κ3) is 4.46. The SMILES string of the molecule is O=C(Nc1ccccc1C(=O)NC[C@H]1CCCO1)c1cccc(-n2cnnn2)c1. The van der Waals surface area contributed by atoms with Gasteiger partial charge in [-0.3, -0.25) is 9.59 Å². The molecule has 3 aromatic rings. The second-order valence-corrected chi connectivity index (χ2v) is 6.65. The lowest BCUT2D eigenvalue weighted by Gasteiger charge is -2.14. The zero-order valence-corrected chi connectivity index (χ0v) is 15.6. The van der Waals surface area contributed by atoms with Gasteiger partial charge in [0.2, 0.25) is 0 Å². The number of carbonyl (C=O) groups is 2. The molecule has 148 valence electrons. The van der Waals surface area contributed by atoms with Crippen molar-refractivity contribution in [2.24, 2.45) is 0 Å². The number of carbonyl (C=O) groups excluding carboxylic acids is 2. The van der Waals surface area contributed by atoms with Crippen LogP contribution in [0.3, 0.4) is 0 Å². The lowest BCUT2D eigenvalue weighted by molar-refractivity contribution is 0.0858. The number of benzene rings is 2. The highest BCUT2D eigenvalue weighted by Crippen LogP contribution is 2.18. The van der Waals surface area contributed by atoms with Crippen molar-refractivity contribution in [3.8, 4) is 5.69 Å². The summed E-state index contributed by atoms with van der Waals surface area (Å²) in [6.07, 6.45) is 3.45. The fraction of sp³-hybridized carbons (Fsp3) is 0.250. The molecule has 0 unspecified atom stereocenters. The van der Waals surface area contributed by atoms with Crippen LogP contribution in [0, 0.1) is 0 Å². The Morgan fingerprint density at radius 2 is 2.03 bits per heavy atom. The number of ether oxygens (including phenoxy) is 1. The summed E-state index contributed by atoms with van der Waals surface area (Å²) in [5.74, 6) is -0.585. The summed E-state index contributed by atoms with van der Waals surface area (Å²) in [7, 11) is 0. The van der Waals surface area contributed by atoms with Crippen LogP contribution in [0.25, 0.3) is 5.69 Å². The van der Waals surface area contributed by atoms with E-state index >= 15 is 0 Å². The Kier molecular flexibility index (Phi) is 5.57. The molecule has 2 aromatic carbocycles. The van der Waals surface area contributed by atoms with Gasteiger partial charge in [0.05, 0.1) is 23.0 Å². The van der Waals surface area contributed by atoms with E-state index in [9.17, 15) is 9.59 Å². The van der Waals surface area contributed by atoms with E-state index in [0.29, 0.717) is 29.0 Å². The third-order valence-electron chi connectivity index (χ3n) is 4.66. The molecule has 1 saturated heterocycles. The molecule has 4 rings (SSSR count). The predicted octanol–water partition coefficient (Wildman–Crippen LogP) is 1.82. The number of nitrogens with zero attached hydrogens (tertiary/aromatic N) is 4. The molecule has 9 nitrogen and oxygen atoms in total. The molecule has 2 heterocycles. The first kappa shape index (κ1) is 18.8. The van der Waals surface area contributed by atoms with Crippen LogP contribution in [0.5, 0.6) is 0 Å². The van der Waals surface area contributed by atoms with Crippen LogP contribution in [0.4, 0.5) is 5.69 Å². The maximum Gasteiger partial charge on any atom is 0.255 e. The van der Waals surface area contributed by atoms with Gasteiger partial charge in [-0.1, -0.05) is 18.2 Å². The van der Waals surface area contributed by atoms with E-state index in [1.54, 1.807) is 48.5 Å². The van der Waals surface area contributed by atoms with E-state index in [2.05, 4.69) is 26.2 Å². The summed E-state index contributed by atoms with van der Waals surface area (Å²) in [6.45, 7) is 1.19. The number of para-hydroxylation sites is 1. The maximum atomic E-state index is 12.8. The van der Waals surface area contributed by atoms with E-state index < -0.39 is 0 Å².